The van der Waals surface area contributed by atoms with Gasteiger partial charge in [0, 0.05) is 26.7 Å². The SMILES string of the molecule is CN=C(NCc1cc(C(C)C)no1)N(C)Cc1ccccc1. The van der Waals surface area contributed by atoms with Crippen molar-refractivity contribution in [2.24, 2.45) is 4.99 Å². The molecule has 0 saturated heterocycles. The van der Waals surface area contributed by atoms with Crippen LogP contribution in [0.2, 0.25) is 0 Å². The van der Waals surface area contributed by atoms with E-state index in [0.29, 0.717) is 12.5 Å². The minimum absolute atomic E-state index is 0.373. The van der Waals surface area contributed by atoms with Gasteiger partial charge in [0.2, 0.25) is 0 Å². The fraction of sp³-hybridized carbons (Fsp3) is 0.412. The molecule has 0 aliphatic rings. The summed E-state index contributed by atoms with van der Waals surface area (Å²) in [6.07, 6.45) is 0. The van der Waals surface area contributed by atoms with Crippen LogP contribution in [0.15, 0.2) is 45.9 Å². The predicted molar refractivity (Wildman–Crippen MR) is 88.7 cm³/mol. The molecule has 22 heavy (non-hydrogen) atoms. The summed E-state index contributed by atoms with van der Waals surface area (Å²) in [4.78, 5) is 6.39. The van der Waals surface area contributed by atoms with E-state index >= 15 is 0 Å². The van der Waals surface area contributed by atoms with Crippen molar-refractivity contribution in [1.29, 1.82) is 0 Å². The van der Waals surface area contributed by atoms with Gasteiger partial charge in [0.15, 0.2) is 11.7 Å². The molecule has 0 saturated carbocycles. The van der Waals surface area contributed by atoms with E-state index in [1.807, 2.05) is 31.3 Å². The van der Waals surface area contributed by atoms with E-state index in [0.717, 1.165) is 24.0 Å². The lowest BCUT2D eigenvalue weighted by molar-refractivity contribution is 0.369. The second-order valence-corrected chi connectivity index (χ2v) is 5.62. The van der Waals surface area contributed by atoms with E-state index in [4.69, 9.17) is 4.52 Å². The Morgan fingerprint density at radius 1 is 1.32 bits per heavy atom. The summed E-state index contributed by atoms with van der Waals surface area (Å²) in [5.41, 5.74) is 2.22. The number of aliphatic imine (C=N–C) groups is 1. The Balaban J connectivity index is 1.91. The Labute approximate surface area is 132 Å². The molecule has 1 N–H and O–H groups in total. The number of nitrogens with one attached hydrogen (secondary N) is 1. The Kier molecular flexibility index (Phi) is 5.58. The molecule has 5 nitrogen and oxygen atoms in total. The molecule has 0 aliphatic carbocycles. The third-order valence-electron chi connectivity index (χ3n) is 3.43. The number of hydrogen-bond acceptors (Lipinski definition) is 3. The van der Waals surface area contributed by atoms with Gasteiger partial charge in [-0.1, -0.05) is 49.3 Å². The van der Waals surface area contributed by atoms with Crippen molar-refractivity contribution in [3.05, 3.63) is 53.4 Å². The van der Waals surface area contributed by atoms with Crippen molar-refractivity contribution in [1.82, 2.24) is 15.4 Å². The standard InChI is InChI=1S/C17H24N4O/c1-13(2)16-10-15(22-20-16)11-19-17(18-3)21(4)12-14-8-6-5-7-9-14/h5-10,13H,11-12H2,1-4H3,(H,18,19). The third kappa shape index (κ3) is 4.35. The Morgan fingerprint density at radius 3 is 2.64 bits per heavy atom. The predicted octanol–water partition coefficient (Wildman–Crippen LogP) is 3.01. The van der Waals surface area contributed by atoms with Crippen LogP contribution in [-0.2, 0) is 13.1 Å². The van der Waals surface area contributed by atoms with Gasteiger partial charge in [-0.15, -0.1) is 0 Å². The van der Waals surface area contributed by atoms with E-state index in [-0.39, 0.29) is 0 Å². The summed E-state index contributed by atoms with van der Waals surface area (Å²) in [6, 6.07) is 12.3. The molecule has 5 heteroatoms. The summed E-state index contributed by atoms with van der Waals surface area (Å²) >= 11 is 0. The second-order valence-electron chi connectivity index (χ2n) is 5.62. The van der Waals surface area contributed by atoms with Crippen molar-refractivity contribution >= 4 is 5.96 Å². The summed E-state index contributed by atoms with van der Waals surface area (Å²) in [7, 11) is 3.80. The maximum absolute atomic E-state index is 5.33. The number of guanidine groups is 1. The maximum Gasteiger partial charge on any atom is 0.194 e. The van der Waals surface area contributed by atoms with Crippen LogP contribution in [0.4, 0.5) is 0 Å². The minimum Gasteiger partial charge on any atom is -0.359 e. The molecule has 0 spiro atoms. The summed E-state index contributed by atoms with van der Waals surface area (Å²) in [6.45, 7) is 5.57. The molecular formula is C17H24N4O. The van der Waals surface area contributed by atoms with Gasteiger partial charge in [0.05, 0.1) is 12.2 Å². The fourth-order valence-electron chi connectivity index (χ4n) is 2.17. The second kappa shape index (κ2) is 7.64. The number of aromatic nitrogens is 1. The molecule has 0 aliphatic heterocycles. The molecule has 0 amide bonds. The lowest BCUT2D eigenvalue weighted by atomic mass is 10.1. The van der Waals surface area contributed by atoms with Crippen LogP contribution in [0, 0.1) is 0 Å². The quantitative estimate of drug-likeness (QED) is 0.681. The smallest absolute Gasteiger partial charge is 0.194 e. The first-order chi connectivity index (χ1) is 10.6. The van der Waals surface area contributed by atoms with Crippen LogP contribution in [0.1, 0.15) is 36.8 Å². The molecule has 1 aromatic heterocycles. The minimum atomic E-state index is 0.373. The topological polar surface area (TPSA) is 53.7 Å². The van der Waals surface area contributed by atoms with E-state index in [1.165, 1.54) is 5.56 Å². The van der Waals surface area contributed by atoms with Crippen molar-refractivity contribution in [2.75, 3.05) is 14.1 Å². The van der Waals surface area contributed by atoms with Crippen LogP contribution in [-0.4, -0.2) is 30.1 Å². The van der Waals surface area contributed by atoms with Crippen molar-refractivity contribution < 1.29 is 4.52 Å². The first-order valence-electron chi connectivity index (χ1n) is 7.51. The zero-order valence-corrected chi connectivity index (χ0v) is 13.7. The molecule has 0 bridgehead atoms. The van der Waals surface area contributed by atoms with Gasteiger partial charge in [0.25, 0.3) is 0 Å². The highest BCUT2D eigenvalue weighted by Gasteiger charge is 2.10. The lowest BCUT2D eigenvalue weighted by Crippen LogP contribution is -2.37. The van der Waals surface area contributed by atoms with E-state index in [2.05, 4.69) is 46.3 Å². The molecule has 2 rings (SSSR count). The molecule has 0 unspecified atom stereocenters. The molecule has 2 aromatic rings. The van der Waals surface area contributed by atoms with E-state index in [9.17, 15) is 0 Å². The Hall–Kier alpha value is -2.30. The Bertz CT molecular complexity index is 604. The van der Waals surface area contributed by atoms with Crippen LogP contribution >= 0.6 is 0 Å². The van der Waals surface area contributed by atoms with E-state index < -0.39 is 0 Å². The first kappa shape index (κ1) is 16.1. The normalized spacial score (nSPS) is 11.8. The van der Waals surface area contributed by atoms with Gasteiger partial charge in [0.1, 0.15) is 0 Å². The van der Waals surface area contributed by atoms with Crippen molar-refractivity contribution in [2.45, 2.75) is 32.9 Å². The average Bonchev–Trinajstić information content (AvgIpc) is 2.98. The van der Waals surface area contributed by atoms with Crippen LogP contribution in [0.3, 0.4) is 0 Å². The maximum atomic E-state index is 5.33. The molecule has 1 aromatic carbocycles. The number of nitrogens with zero attached hydrogens (tertiary/aromatic N) is 3. The van der Waals surface area contributed by atoms with Gasteiger partial charge in [-0.05, 0) is 11.5 Å². The lowest BCUT2D eigenvalue weighted by Gasteiger charge is -2.21. The molecule has 0 radical (unpaired) electrons. The highest BCUT2D eigenvalue weighted by molar-refractivity contribution is 5.79. The highest BCUT2D eigenvalue weighted by Crippen LogP contribution is 2.13. The van der Waals surface area contributed by atoms with Crippen LogP contribution in [0.25, 0.3) is 0 Å². The van der Waals surface area contributed by atoms with Crippen LogP contribution < -0.4 is 5.32 Å². The van der Waals surface area contributed by atoms with E-state index in [1.54, 1.807) is 7.05 Å². The van der Waals surface area contributed by atoms with Gasteiger partial charge in [-0.3, -0.25) is 4.99 Å². The van der Waals surface area contributed by atoms with Crippen LogP contribution in [0.5, 0.6) is 0 Å². The molecule has 0 fully saturated rings. The summed E-state index contributed by atoms with van der Waals surface area (Å²) in [5, 5.41) is 7.36. The largest absolute Gasteiger partial charge is 0.359 e. The third-order valence-corrected chi connectivity index (χ3v) is 3.43. The number of hydrogen-bond donors (Lipinski definition) is 1. The molecule has 1 heterocycles. The monoisotopic (exact) mass is 300 g/mol. The zero-order chi connectivity index (χ0) is 15.9. The van der Waals surface area contributed by atoms with Gasteiger partial charge >= 0.3 is 0 Å². The van der Waals surface area contributed by atoms with Gasteiger partial charge in [-0.25, -0.2) is 0 Å². The van der Waals surface area contributed by atoms with Crippen molar-refractivity contribution in [3.8, 4) is 0 Å². The summed E-state index contributed by atoms with van der Waals surface area (Å²) < 4.78 is 5.33. The number of benzene rings is 1. The highest BCUT2D eigenvalue weighted by atomic mass is 16.5. The molecule has 0 atom stereocenters. The summed E-state index contributed by atoms with van der Waals surface area (Å²) in [5.74, 6) is 2.02. The fourth-order valence-corrected chi connectivity index (χ4v) is 2.17. The van der Waals surface area contributed by atoms with Crippen molar-refractivity contribution in [3.63, 3.8) is 0 Å². The van der Waals surface area contributed by atoms with Gasteiger partial charge in [-0.2, -0.15) is 0 Å². The molecular weight excluding hydrogens is 276 g/mol. The zero-order valence-electron chi connectivity index (χ0n) is 13.7. The number of rotatable bonds is 5. The molecule has 118 valence electrons. The average molecular weight is 300 g/mol. The first-order valence-corrected chi connectivity index (χ1v) is 7.51. The Morgan fingerprint density at radius 2 is 2.05 bits per heavy atom. The van der Waals surface area contributed by atoms with Gasteiger partial charge < -0.3 is 14.7 Å².